The van der Waals surface area contributed by atoms with Crippen molar-refractivity contribution < 1.29 is 9.59 Å². The van der Waals surface area contributed by atoms with Gasteiger partial charge in [0.15, 0.2) is 0 Å². The predicted octanol–water partition coefficient (Wildman–Crippen LogP) is 1.60. The topological polar surface area (TPSA) is 78.7 Å². The Hall–Kier alpha value is -1.92. The molecule has 0 spiro atoms. The molecule has 6 heteroatoms. The highest BCUT2D eigenvalue weighted by molar-refractivity contribution is 5.94. The van der Waals surface area contributed by atoms with Crippen molar-refractivity contribution in [3.63, 3.8) is 0 Å². The molecule has 0 radical (unpaired) electrons. The smallest absolute Gasteiger partial charge is 0.253 e. The molecule has 3 rings (SSSR count). The molecule has 2 amide bonds. The van der Waals surface area contributed by atoms with Crippen molar-refractivity contribution in [2.75, 3.05) is 32.7 Å². The quantitative estimate of drug-likeness (QED) is 0.823. The number of rotatable bonds is 5. The van der Waals surface area contributed by atoms with Crippen molar-refractivity contribution in [1.29, 1.82) is 0 Å². The normalized spacial score (nSPS) is 23.9. The number of nitrogens with two attached hydrogens (primary N) is 1. The van der Waals surface area contributed by atoms with Gasteiger partial charge in [-0.25, -0.2) is 0 Å². The lowest BCUT2D eigenvalue weighted by molar-refractivity contribution is -0.123. The minimum Gasteiger partial charge on any atom is -0.352 e. The number of amides is 2. The largest absolute Gasteiger partial charge is 0.352 e. The van der Waals surface area contributed by atoms with E-state index in [1.165, 1.54) is 12.8 Å². The standard InChI is InChI=1S/C21H32N4O2/c1-16-2-8-19(9-3-16)23-20(26)15-24-10-12-25(13-11-24)21(27)18-6-4-17(14-22)5-7-18/h4-7,16,19H,2-3,8-15,22H2,1H3,(H,23,26). The second kappa shape index (κ2) is 9.33. The van der Waals surface area contributed by atoms with Gasteiger partial charge in [0.25, 0.3) is 5.91 Å². The van der Waals surface area contributed by atoms with Gasteiger partial charge < -0.3 is 16.0 Å². The van der Waals surface area contributed by atoms with E-state index in [2.05, 4.69) is 17.1 Å². The summed E-state index contributed by atoms with van der Waals surface area (Å²) in [6.07, 6.45) is 4.60. The van der Waals surface area contributed by atoms with Crippen molar-refractivity contribution in [2.24, 2.45) is 11.7 Å². The van der Waals surface area contributed by atoms with Crippen LogP contribution < -0.4 is 11.1 Å². The SMILES string of the molecule is CC1CCC(NC(=O)CN2CCN(C(=O)c3ccc(CN)cc3)CC2)CC1. The lowest BCUT2D eigenvalue weighted by Gasteiger charge is -2.35. The number of hydrogen-bond donors (Lipinski definition) is 2. The van der Waals surface area contributed by atoms with E-state index in [0.29, 0.717) is 37.8 Å². The molecule has 1 aliphatic carbocycles. The lowest BCUT2D eigenvalue weighted by Crippen LogP contribution is -2.52. The molecule has 1 heterocycles. The second-order valence-corrected chi connectivity index (χ2v) is 7.99. The summed E-state index contributed by atoms with van der Waals surface area (Å²) in [6, 6.07) is 7.83. The molecule has 1 aromatic rings. The first-order valence-electron chi connectivity index (χ1n) is 10.1. The maximum atomic E-state index is 12.6. The molecule has 3 N–H and O–H groups in total. The van der Waals surface area contributed by atoms with Crippen LogP contribution in [0.2, 0.25) is 0 Å². The predicted molar refractivity (Wildman–Crippen MR) is 106 cm³/mol. The van der Waals surface area contributed by atoms with E-state index in [9.17, 15) is 9.59 Å². The molecule has 0 bridgehead atoms. The summed E-state index contributed by atoms with van der Waals surface area (Å²) in [5.41, 5.74) is 7.33. The van der Waals surface area contributed by atoms with Crippen LogP contribution in [0.25, 0.3) is 0 Å². The number of piperazine rings is 1. The number of carbonyl (C=O) groups excluding carboxylic acids is 2. The molecule has 0 unspecified atom stereocenters. The van der Waals surface area contributed by atoms with Gasteiger partial charge in [0.2, 0.25) is 5.91 Å². The first-order valence-corrected chi connectivity index (χ1v) is 10.1. The third kappa shape index (κ3) is 5.53. The van der Waals surface area contributed by atoms with E-state index in [1.807, 2.05) is 29.2 Å². The van der Waals surface area contributed by atoms with Crippen molar-refractivity contribution in [3.05, 3.63) is 35.4 Å². The molecular weight excluding hydrogens is 340 g/mol. The average Bonchev–Trinajstić information content (AvgIpc) is 2.70. The highest BCUT2D eigenvalue weighted by Crippen LogP contribution is 2.23. The highest BCUT2D eigenvalue weighted by atomic mass is 16.2. The number of nitrogens with one attached hydrogen (secondary N) is 1. The van der Waals surface area contributed by atoms with E-state index >= 15 is 0 Å². The highest BCUT2D eigenvalue weighted by Gasteiger charge is 2.25. The first-order chi connectivity index (χ1) is 13.0. The van der Waals surface area contributed by atoms with Crippen LogP contribution in [0.3, 0.4) is 0 Å². The van der Waals surface area contributed by atoms with Gasteiger partial charge in [-0.3, -0.25) is 14.5 Å². The maximum absolute atomic E-state index is 12.6. The summed E-state index contributed by atoms with van der Waals surface area (Å²) in [6.45, 7) is 5.99. The Labute approximate surface area is 162 Å². The summed E-state index contributed by atoms with van der Waals surface area (Å²) in [5, 5.41) is 3.19. The zero-order valence-electron chi connectivity index (χ0n) is 16.3. The van der Waals surface area contributed by atoms with Gasteiger partial charge in [0, 0.05) is 44.3 Å². The minimum absolute atomic E-state index is 0.0546. The Bertz CT molecular complexity index is 630. The molecule has 2 fully saturated rings. The van der Waals surface area contributed by atoms with E-state index in [0.717, 1.165) is 37.4 Å². The van der Waals surface area contributed by atoms with Gasteiger partial charge in [-0.15, -0.1) is 0 Å². The molecule has 0 aromatic heterocycles. The molecule has 1 saturated heterocycles. The fraction of sp³-hybridized carbons (Fsp3) is 0.619. The van der Waals surface area contributed by atoms with E-state index < -0.39 is 0 Å². The number of carbonyl (C=O) groups is 2. The Kier molecular flexibility index (Phi) is 6.85. The Morgan fingerprint density at radius 2 is 1.67 bits per heavy atom. The molecular formula is C21H32N4O2. The zero-order chi connectivity index (χ0) is 19.2. The summed E-state index contributed by atoms with van der Waals surface area (Å²) in [7, 11) is 0. The van der Waals surface area contributed by atoms with Crippen molar-refractivity contribution in [1.82, 2.24) is 15.1 Å². The minimum atomic E-state index is 0.0546. The van der Waals surface area contributed by atoms with Gasteiger partial charge in [-0.1, -0.05) is 19.1 Å². The van der Waals surface area contributed by atoms with Crippen molar-refractivity contribution in [2.45, 2.75) is 45.2 Å². The van der Waals surface area contributed by atoms with Crippen LogP contribution in [0, 0.1) is 5.92 Å². The third-order valence-corrected chi connectivity index (χ3v) is 5.84. The Balaban J connectivity index is 1.41. The first kappa shape index (κ1) is 19.8. The van der Waals surface area contributed by atoms with Crippen LogP contribution in [0.15, 0.2) is 24.3 Å². The van der Waals surface area contributed by atoms with Gasteiger partial charge in [0.1, 0.15) is 0 Å². The van der Waals surface area contributed by atoms with Gasteiger partial charge in [-0.2, -0.15) is 0 Å². The molecule has 2 aliphatic rings. The lowest BCUT2D eigenvalue weighted by atomic mass is 9.87. The fourth-order valence-corrected chi connectivity index (χ4v) is 3.96. The molecule has 6 nitrogen and oxygen atoms in total. The van der Waals surface area contributed by atoms with Crippen LogP contribution in [0.4, 0.5) is 0 Å². The molecule has 1 aliphatic heterocycles. The van der Waals surface area contributed by atoms with E-state index in [-0.39, 0.29) is 11.8 Å². The summed E-state index contributed by atoms with van der Waals surface area (Å²) >= 11 is 0. The molecule has 0 atom stereocenters. The molecule has 148 valence electrons. The monoisotopic (exact) mass is 372 g/mol. The van der Waals surface area contributed by atoms with Gasteiger partial charge in [-0.05, 0) is 49.3 Å². The second-order valence-electron chi connectivity index (χ2n) is 7.99. The summed E-state index contributed by atoms with van der Waals surface area (Å²) in [4.78, 5) is 28.9. The van der Waals surface area contributed by atoms with Crippen molar-refractivity contribution >= 4 is 11.8 Å². The van der Waals surface area contributed by atoms with Gasteiger partial charge in [0.05, 0.1) is 6.54 Å². The van der Waals surface area contributed by atoms with Crippen LogP contribution in [0.5, 0.6) is 0 Å². The number of hydrogen-bond acceptors (Lipinski definition) is 4. The van der Waals surface area contributed by atoms with Crippen LogP contribution in [-0.4, -0.2) is 60.4 Å². The Morgan fingerprint density at radius 3 is 2.26 bits per heavy atom. The van der Waals surface area contributed by atoms with Crippen LogP contribution in [-0.2, 0) is 11.3 Å². The summed E-state index contributed by atoms with van der Waals surface area (Å²) in [5.74, 6) is 0.959. The fourth-order valence-electron chi connectivity index (χ4n) is 3.96. The van der Waals surface area contributed by atoms with E-state index in [1.54, 1.807) is 0 Å². The maximum Gasteiger partial charge on any atom is 0.253 e. The summed E-state index contributed by atoms with van der Waals surface area (Å²) < 4.78 is 0. The van der Waals surface area contributed by atoms with Crippen molar-refractivity contribution in [3.8, 4) is 0 Å². The third-order valence-electron chi connectivity index (χ3n) is 5.84. The number of benzene rings is 1. The average molecular weight is 373 g/mol. The number of nitrogens with zero attached hydrogens (tertiary/aromatic N) is 2. The van der Waals surface area contributed by atoms with Gasteiger partial charge >= 0.3 is 0 Å². The molecule has 1 saturated carbocycles. The van der Waals surface area contributed by atoms with Crippen LogP contribution in [0.1, 0.15) is 48.5 Å². The Morgan fingerprint density at radius 1 is 1.04 bits per heavy atom. The van der Waals surface area contributed by atoms with Crippen LogP contribution >= 0.6 is 0 Å². The molecule has 1 aromatic carbocycles. The molecule has 27 heavy (non-hydrogen) atoms. The van der Waals surface area contributed by atoms with E-state index in [4.69, 9.17) is 5.73 Å². The zero-order valence-corrected chi connectivity index (χ0v) is 16.3.